The van der Waals surface area contributed by atoms with E-state index in [4.69, 9.17) is 0 Å². The first kappa shape index (κ1) is 9.83. The molecular weight excluding hydrogens is 144 g/mol. The van der Waals surface area contributed by atoms with Crippen LogP contribution < -0.4 is 0 Å². The molecule has 1 atom stereocenters. The monoisotopic (exact) mass is 166 g/mol. The Morgan fingerprint density at radius 3 is 2.83 bits per heavy atom. The van der Waals surface area contributed by atoms with E-state index < -0.39 is 0 Å². The maximum atomic E-state index is 2.37. The first-order valence-corrected chi connectivity index (χ1v) is 5.58. The fourth-order valence-electron chi connectivity index (χ4n) is 2.02. The van der Waals surface area contributed by atoms with Crippen LogP contribution >= 0.6 is 0 Å². The molecule has 0 N–H and O–H groups in total. The molecule has 0 radical (unpaired) electrons. The highest BCUT2D eigenvalue weighted by atomic mass is 14.1. The lowest BCUT2D eigenvalue weighted by atomic mass is 9.90. The van der Waals surface area contributed by atoms with Crippen LogP contribution in [0.2, 0.25) is 0 Å². The average Bonchev–Trinajstić information content (AvgIpc) is 2.02. The lowest BCUT2D eigenvalue weighted by Crippen LogP contribution is -2.01. The van der Waals surface area contributed by atoms with Crippen LogP contribution in [0.1, 0.15) is 58.3 Å². The third-order valence-electron chi connectivity index (χ3n) is 2.86. The minimum atomic E-state index is 1.04. The first-order valence-electron chi connectivity index (χ1n) is 5.58. The molecule has 1 aliphatic rings. The second-order valence-electron chi connectivity index (χ2n) is 3.99. The van der Waals surface area contributed by atoms with Crippen LogP contribution in [0, 0.1) is 5.92 Å². The van der Waals surface area contributed by atoms with Crippen molar-refractivity contribution in [3.8, 4) is 0 Å². The molecule has 1 aliphatic carbocycles. The highest BCUT2D eigenvalue weighted by Crippen LogP contribution is 2.23. The van der Waals surface area contributed by atoms with Crippen molar-refractivity contribution in [3.05, 3.63) is 12.2 Å². The fraction of sp³-hybridized carbons (Fsp3) is 0.833. The predicted molar refractivity (Wildman–Crippen MR) is 55.2 cm³/mol. The van der Waals surface area contributed by atoms with E-state index in [0.717, 1.165) is 5.92 Å². The van der Waals surface area contributed by atoms with Gasteiger partial charge >= 0.3 is 0 Å². The third kappa shape index (κ3) is 3.94. The lowest BCUT2D eigenvalue weighted by molar-refractivity contribution is 0.395. The van der Waals surface area contributed by atoms with Crippen molar-refractivity contribution in [1.82, 2.24) is 0 Å². The van der Waals surface area contributed by atoms with Gasteiger partial charge in [-0.2, -0.15) is 0 Å². The van der Waals surface area contributed by atoms with E-state index in [-0.39, 0.29) is 0 Å². The van der Waals surface area contributed by atoms with Gasteiger partial charge in [0, 0.05) is 0 Å². The van der Waals surface area contributed by atoms with E-state index in [1.807, 2.05) is 0 Å². The van der Waals surface area contributed by atoms with Gasteiger partial charge in [0.25, 0.3) is 0 Å². The van der Waals surface area contributed by atoms with E-state index >= 15 is 0 Å². The molecule has 0 heterocycles. The van der Waals surface area contributed by atoms with Crippen molar-refractivity contribution in [1.29, 1.82) is 0 Å². The van der Waals surface area contributed by atoms with Crippen molar-refractivity contribution >= 4 is 0 Å². The van der Waals surface area contributed by atoms with E-state index in [2.05, 4.69) is 19.1 Å². The topological polar surface area (TPSA) is 0 Å². The fourth-order valence-corrected chi connectivity index (χ4v) is 2.02. The summed E-state index contributed by atoms with van der Waals surface area (Å²) in [6.45, 7) is 2.29. The van der Waals surface area contributed by atoms with Crippen LogP contribution in [-0.2, 0) is 0 Å². The molecule has 1 unspecified atom stereocenters. The Hall–Kier alpha value is -0.260. The number of rotatable bonds is 3. The summed E-state index contributed by atoms with van der Waals surface area (Å²) in [5.41, 5.74) is 0. The highest BCUT2D eigenvalue weighted by molar-refractivity contribution is 4.84. The van der Waals surface area contributed by atoms with Crippen molar-refractivity contribution in [2.24, 2.45) is 5.92 Å². The van der Waals surface area contributed by atoms with Crippen molar-refractivity contribution in [2.75, 3.05) is 0 Å². The molecule has 0 aromatic carbocycles. The zero-order chi connectivity index (χ0) is 8.65. The Balaban J connectivity index is 2.18. The second kappa shape index (κ2) is 6.28. The van der Waals surface area contributed by atoms with Gasteiger partial charge < -0.3 is 0 Å². The van der Waals surface area contributed by atoms with E-state index in [9.17, 15) is 0 Å². The van der Waals surface area contributed by atoms with Gasteiger partial charge in [-0.15, -0.1) is 0 Å². The second-order valence-corrected chi connectivity index (χ2v) is 3.99. The van der Waals surface area contributed by atoms with Crippen molar-refractivity contribution < 1.29 is 0 Å². The molecule has 0 fully saturated rings. The molecule has 12 heavy (non-hydrogen) atoms. The Labute approximate surface area is 77.1 Å². The summed E-state index contributed by atoms with van der Waals surface area (Å²) in [7, 11) is 0. The standard InChI is InChI=1S/C12H22/c1-2-3-9-12-10-7-5-4-6-8-11-12/h4-5,12H,2-3,6-11H2,1H3. The molecule has 0 heteroatoms. The van der Waals surface area contributed by atoms with Crippen LogP contribution in [0.3, 0.4) is 0 Å². The summed E-state index contributed by atoms with van der Waals surface area (Å²) in [5, 5.41) is 0. The normalized spacial score (nSPS) is 24.9. The van der Waals surface area contributed by atoms with Gasteiger partial charge in [-0.1, -0.05) is 44.8 Å². The molecule has 0 saturated heterocycles. The minimum absolute atomic E-state index is 1.04. The lowest BCUT2D eigenvalue weighted by Gasteiger charge is -2.16. The molecule has 0 aromatic heterocycles. The summed E-state index contributed by atoms with van der Waals surface area (Å²) in [6, 6.07) is 0. The van der Waals surface area contributed by atoms with Gasteiger partial charge in [0.15, 0.2) is 0 Å². The van der Waals surface area contributed by atoms with Crippen LogP contribution in [0.25, 0.3) is 0 Å². The summed E-state index contributed by atoms with van der Waals surface area (Å²) in [6.07, 6.45) is 16.0. The predicted octanol–water partition coefficient (Wildman–Crippen LogP) is 4.31. The average molecular weight is 166 g/mol. The van der Waals surface area contributed by atoms with E-state index in [1.54, 1.807) is 0 Å². The van der Waals surface area contributed by atoms with Crippen LogP contribution in [-0.4, -0.2) is 0 Å². The zero-order valence-corrected chi connectivity index (χ0v) is 8.39. The summed E-state index contributed by atoms with van der Waals surface area (Å²) in [5.74, 6) is 1.04. The quantitative estimate of drug-likeness (QED) is 0.548. The maximum Gasteiger partial charge on any atom is -0.0348 e. The number of hydrogen-bond donors (Lipinski definition) is 0. The summed E-state index contributed by atoms with van der Waals surface area (Å²) in [4.78, 5) is 0. The molecule has 0 aromatic rings. The molecule has 70 valence electrons. The zero-order valence-electron chi connectivity index (χ0n) is 8.39. The Morgan fingerprint density at radius 2 is 2.00 bits per heavy atom. The van der Waals surface area contributed by atoms with Gasteiger partial charge in [-0.3, -0.25) is 0 Å². The molecule has 0 nitrogen and oxygen atoms in total. The van der Waals surface area contributed by atoms with Crippen molar-refractivity contribution in [3.63, 3.8) is 0 Å². The van der Waals surface area contributed by atoms with Gasteiger partial charge in [0.05, 0.1) is 0 Å². The third-order valence-corrected chi connectivity index (χ3v) is 2.86. The van der Waals surface area contributed by atoms with E-state index in [0.29, 0.717) is 0 Å². The molecule has 0 aliphatic heterocycles. The van der Waals surface area contributed by atoms with Gasteiger partial charge in [0.2, 0.25) is 0 Å². The molecule has 0 saturated carbocycles. The maximum absolute atomic E-state index is 2.37. The largest absolute Gasteiger partial charge is 0.0885 e. The molecule has 0 bridgehead atoms. The van der Waals surface area contributed by atoms with Crippen LogP contribution in [0.15, 0.2) is 12.2 Å². The highest BCUT2D eigenvalue weighted by Gasteiger charge is 2.07. The molecule has 0 spiro atoms. The van der Waals surface area contributed by atoms with Crippen molar-refractivity contribution in [2.45, 2.75) is 58.3 Å². The van der Waals surface area contributed by atoms with Crippen LogP contribution in [0.4, 0.5) is 0 Å². The number of unbranched alkanes of at least 4 members (excludes halogenated alkanes) is 1. The minimum Gasteiger partial charge on any atom is -0.0885 e. The Morgan fingerprint density at radius 1 is 1.17 bits per heavy atom. The number of hydrogen-bond acceptors (Lipinski definition) is 0. The summed E-state index contributed by atoms with van der Waals surface area (Å²) < 4.78 is 0. The van der Waals surface area contributed by atoms with Gasteiger partial charge in [0.1, 0.15) is 0 Å². The number of allylic oxidation sites excluding steroid dienone is 2. The molecular formula is C12H22. The van der Waals surface area contributed by atoms with E-state index in [1.165, 1.54) is 51.4 Å². The molecule has 1 rings (SSSR count). The first-order chi connectivity index (χ1) is 5.93. The molecule has 0 amide bonds. The van der Waals surface area contributed by atoms with Gasteiger partial charge in [-0.25, -0.2) is 0 Å². The van der Waals surface area contributed by atoms with Gasteiger partial charge in [-0.05, 0) is 31.6 Å². The Bertz CT molecular complexity index is 124. The van der Waals surface area contributed by atoms with Crippen LogP contribution in [0.5, 0.6) is 0 Å². The Kier molecular flexibility index (Phi) is 5.14. The smallest absolute Gasteiger partial charge is 0.0348 e. The summed E-state index contributed by atoms with van der Waals surface area (Å²) >= 11 is 0. The SMILES string of the molecule is CCCCC1CCC=CCCC1.